The third kappa shape index (κ3) is 3.93. The van der Waals surface area contributed by atoms with Gasteiger partial charge in [-0.15, -0.1) is 0 Å². The zero-order valence-corrected chi connectivity index (χ0v) is 13.1. The largest absolute Gasteiger partial charge is 0.329 e. The molecule has 0 fully saturated rings. The summed E-state index contributed by atoms with van der Waals surface area (Å²) in [5.41, 5.74) is 8.90. The van der Waals surface area contributed by atoms with Gasteiger partial charge in [-0.1, -0.05) is 67.6 Å². The van der Waals surface area contributed by atoms with Crippen LogP contribution in [0.25, 0.3) is 0 Å². The summed E-state index contributed by atoms with van der Waals surface area (Å²) >= 11 is 0. The molecule has 0 saturated carbocycles. The van der Waals surface area contributed by atoms with Gasteiger partial charge in [-0.05, 0) is 37.6 Å². The average Bonchev–Trinajstić information content (AvgIpc) is 2.55. The van der Waals surface area contributed by atoms with Gasteiger partial charge in [-0.3, -0.25) is 4.90 Å². The van der Waals surface area contributed by atoms with Gasteiger partial charge in [0.05, 0.1) is 0 Å². The fraction of sp³-hybridized carbons (Fsp3) is 0.368. The molecule has 112 valence electrons. The Bertz CT molecular complexity index is 480. The second-order valence-corrected chi connectivity index (χ2v) is 5.77. The molecule has 0 aliphatic rings. The fourth-order valence-corrected chi connectivity index (χ4v) is 2.92. The van der Waals surface area contributed by atoms with E-state index in [4.69, 9.17) is 5.73 Å². The van der Waals surface area contributed by atoms with Crippen LogP contribution in [0, 0.1) is 0 Å². The van der Waals surface area contributed by atoms with Crippen molar-refractivity contribution in [2.24, 2.45) is 5.73 Å². The number of hydrogen-bond acceptors (Lipinski definition) is 2. The molecule has 0 radical (unpaired) electrons. The Morgan fingerprint density at radius 3 is 1.62 bits per heavy atom. The Labute approximate surface area is 128 Å². The van der Waals surface area contributed by atoms with Gasteiger partial charge in [0, 0.05) is 12.1 Å². The molecule has 2 rings (SSSR count). The number of rotatable bonds is 7. The summed E-state index contributed by atoms with van der Waals surface area (Å²) in [4.78, 5) is 2.40. The van der Waals surface area contributed by atoms with Gasteiger partial charge >= 0.3 is 0 Å². The van der Waals surface area contributed by atoms with Crippen molar-refractivity contribution < 1.29 is 0 Å². The third-order valence-corrected chi connectivity index (χ3v) is 4.42. The topological polar surface area (TPSA) is 29.3 Å². The first kappa shape index (κ1) is 15.7. The van der Waals surface area contributed by atoms with E-state index < -0.39 is 0 Å². The second-order valence-electron chi connectivity index (χ2n) is 5.77. The zero-order chi connectivity index (χ0) is 15.1. The first-order chi connectivity index (χ1) is 10.2. The Morgan fingerprint density at radius 2 is 1.29 bits per heavy atom. The van der Waals surface area contributed by atoms with Crippen LogP contribution in [0.15, 0.2) is 60.7 Å². The van der Waals surface area contributed by atoms with Gasteiger partial charge in [0.15, 0.2) is 0 Å². The van der Waals surface area contributed by atoms with Crippen molar-refractivity contribution in [3.63, 3.8) is 0 Å². The maximum atomic E-state index is 6.24. The predicted octanol–water partition coefficient (Wildman–Crippen LogP) is 3.12. The molecule has 0 aromatic heterocycles. The van der Waals surface area contributed by atoms with Crippen LogP contribution in [0.2, 0.25) is 0 Å². The van der Waals surface area contributed by atoms with E-state index in [-0.39, 0.29) is 5.54 Å². The van der Waals surface area contributed by atoms with E-state index in [0.29, 0.717) is 6.54 Å². The Hall–Kier alpha value is -1.64. The standard InChI is InChI=1S/C19H26N2/c1-3-21(2)19(16-20,14-17-10-6-4-7-11-17)15-18-12-8-5-9-13-18/h4-13H,3,14-16,20H2,1-2H3. The molecule has 0 aliphatic heterocycles. The lowest BCUT2D eigenvalue weighted by molar-refractivity contribution is 0.131. The van der Waals surface area contributed by atoms with E-state index in [9.17, 15) is 0 Å². The van der Waals surface area contributed by atoms with Gasteiger partial charge in [-0.2, -0.15) is 0 Å². The van der Waals surface area contributed by atoms with Gasteiger partial charge in [-0.25, -0.2) is 0 Å². The predicted molar refractivity (Wildman–Crippen MR) is 90.4 cm³/mol. The summed E-state index contributed by atoms with van der Waals surface area (Å²) in [7, 11) is 2.18. The van der Waals surface area contributed by atoms with Gasteiger partial charge in [0.25, 0.3) is 0 Å². The van der Waals surface area contributed by atoms with Crippen LogP contribution >= 0.6 is 0 Å². The van der Waals surface area contributed by atoms with E-state index >= 15 is 0 Å². The molecule has 2 N–H and O–H groups in total. The van der Waals surface area contributed by atoms with Crippen LogP contribution in [0.4, 0.5) is 0 Å². The van der Waals surface area contributed by atoms with Crippen molar-refractivity contribution in [3.05, 3.63) is 71.8 Å². The minimum atomic E-state index is -0.0303. The number of hydrogen-bond donors (Lipinski definition) is 1. The van der Waals surface area contributed by atoms with Gasteiger partial charge in [0.1, 0.15) is 0 Å². The smallest absolute Gasteiger partial charge is 0.0408 e. The molecule has 0 amide bonds. The SMILES string of the molecule is CCN(C)C(CN)(Cc1ccccc1)Cc1ccccc1. The molecular formula is C19H26N2. The van der Waals surface area contributed by atoms with Crippen LogP contribution < -0.4 is 5.73 Å². The van der Waals surface area contributed by atoms with E-state index in [1.165, 1.54) is 11.1 Å². The summed E-state index contributed by atoms with van der Waals surface area (Å²) in [5.74, 6) is 0. The lowest BCUT2D eigenvalue weighted by Crippen LogP contribution is -2.55. The van der Waals surface area contributed by atoms with Crippen molar-refractivity contribution in [2.75, 3.05) is 20.1 Å². The molecule has 2 aromatic carbocycles. The van der Waals surface area contributed by atoms with Gasteiger partial charge in [0.2, 0.25) is 0 Å². The lowest BCUT2D eigenvalue weighted by Gasteiger charge is -2.41. The quantitative estimate of drug-likeness (QED) is 0.845. The fourth-order valence-electron chi connectivity index (χ4n) is 2.92. The summed E-state index contributed by atoms with van der Waals surface area (Å²) in [5, 5.41) is 0. The second kappa shape index (κ2) is 7.39. The van der Waals surface area contributed by atoms with E-state index in [2.05, 4.69) is 79.5 Å². The molecule has 0 spiro atoms. The number of likely N-dealkylation sites (N-methyl/N-ethyl adjacent to an activating group) is 1. The van der Waals surface area contributed by atoms with Crippen LogP contribution in [-0.4, -0.2) is 30.6 Å². The summed E-state index contributed by atoms with van der Waals surface area (Å²) < 4.78 is 0. The maximum absolute atomic E-state index is 6.24. The Kier molecular flexibility index (Phi) is 5.54. The molecule has 0 bridgehead atoms. The van der Waals surface area contributed by atoms with Crippen LogP contribution in [0.3, 0.4) is 0 Å². The van der Waals surface area contributed by atoms with Crippen LogP contribution in [0.5, 0.6) is 0 Å². The molecular weight excluding hydrogens is 256 g/mol. The minimum Gasteiger partial charge on any atom is -0.329 e. The van der Waals surface area contributed by atoms with Crippen LogP contribution in [-0.2, 0) is 12.8 Å². The molecule has 2 nitrogen and oxygen atoms in total. The minimum absolute atomic E-state index is 0.0303. The molecule has 0 unspecified atom stereocenters. The third-order valence-electron chi connectivity index (χ3n) is 4.42. The van der Waals surface area contributed by atoms with E-state index in [1.807, 2.05) is 0 Å². The Morgan fingerprint density at radius 1 is 0.857 bits per heavy atom. The highest BCUT2D eigenvalue weighted by molar-refractivity contribution is 5.23. The first-order valence-corrected chi connectivity index (χ1v) is 7.69. The maximum Gasteiger partial charge on any atom is 0.0408 e. The van der Waals surface area contributed by atoms with Crippen molar-refractivity contribution in [1.29, 1.82) is 0 Å². The molecule has 2 aromatic rings. The molecule has 21 heavy (non-hydrogen) atoms. The average molecular weight is 282 g/mol. The molecule has 0 heterocycles. The molecule has 0 atom stereocenters. The molecule has 0 aliphatic carbocycles. The molecule has 2 heteroatoms. The monoisotopic (exact) mass is 282 g/mol. The summed E-state index contributed by atoms with van der Waals surface area (Å²) in [6, 6.07) is 21.3. The first-order valence-electron chi connectivity index (χ1n) is 7.69. The van der Waals surface area contributed by atoms with Crippen molar-refractivity contribution >= 4 is 0 Å². The lowest BCUT2D eigenvalue weighted by atomic mass is 9.83. The highest BCUT2D eigenvalue weighted by Gasteiger charge is 2.32. The number of nitrogens with two attached hydrogens (primary N) is 1. The highest BCUT2D eigenvalue weighted by Crippen LogP contribution is 2.24. The summed E-state index contributed by atoms with van der Waals surface area (Å²) in [6.45, 7) is 3.85. The van der Waals surface area contributed by atoms with Crippen molar-refractivity contribution in [1.82, 2.24) is 4.90 Å². The van der Waals surface area contributed by atoms with Gasteiger partial charge < -0.3 is 5.73 Å². The summed E-state index contributed by atoms with van der Waals surface area (Å²) in [6.07, 6.45) is 1.95. The zero-order valence-electron chi connectivity index (χ0n) is 13.1. The van der Waals surface area contributed by atoms with Crippen LogP contribution in [0.1, 0.15) is 18.1 Å². The molecule has 0 saturated heterocycles. The van der Waals surface area contributed by atoms with Crippen molar-refractivity contribution in [2.45, 2.75) is 25.3 Å². The Balaban J connectivity index is 2.29. The van der Waals surface area contributed by atoms with E-state index in [0.717, 1.165) is 19.4 Å². The van der Waals surface area contributed by atoms with Crippen molar-refractivity contribution in [3.8, 4) is 0 Å². The normalized spacial score (nSPS) is 11.8. The number of benzene rings is 2. The number of nitrogens with zero attached hydrogens (tertiary/aromatic N) is 1. The highest BCUT2D eigenvalue weighted by atomic mass is 15.2. The van der Waals surface area contributed by atoms with E-state index in [1.54, 1.807) is 0 Å².